The first-order chi connectivity index (χ1) is 10.3. The van der Waals surface area contributed by atoms with E-state index in [9.17, 15) is 0 Å². The molecule has 1 saturated heterocycles. The summed E-state index contributed by atoms with van der Waals surface area (Å²) >= 11 is 0. The normalized spacial score (nSPS) is 30.8. The molecule has 2 aliphatic rings. The fraction of sp³-hybridized carbons (Fsp3) is 0.647. The Hall–Kier alpha value is -1.10. The van der Waals surface area contributed by atoms with Gasteiger partial charge < -0.3 is 20.1 Å². The lowest BCUT2D eigenvalue weighted by atomic mass is 10.0. The second kappa shape index (κ2) is 6.77. The number of piperidine rings is 1. The summed E-state index contributed by atoms with van der Waals surface area (Å²) < 4.78 is 12.1. The quantitative estimate of drug-likeness (QED) is 0.926. The van der Waals surface area contributed by atoms with Gasteiger partial charge in [-0.2, -0.15) is 0 Å². The zero-order valence-corrected chi connectivity index (χ0v) is 12.8. The number of nitrogens with two attached hydrogens (primary N) is 1. The molecule has 2 fully saturated rings. The molecular weight excluding hydrogens is 264 g/mol. The Labute approximate surface area is 127 Å². The lowest BCUT2D eigenvalue weighted by Crippen LogP contribution is -2.59. The molecule has 1 aromatic rings. The van der Waals surface area contributed by atoms with Gasteiger partial charge in [0, 0.05) is 12.8 Å². The highest BCUT2D eigenvalue weighted by Crippen LogP contribution is 2.32. The first-order valence-corrected chi connectivity index (χ1v) is 8.07. The van der Waals surface area contributed by atoms with Gasteiger partial charge in [0.2, 0.25) is 0 Å². The Morgan fingerprint density at radius 3 is 2.43 bits per heavy atom. The van der Waals surface area contributed by atoms with Crippen molar-refractivity contribution in [3.63, 3.8) is 0 Å². The average molecular weight is 290 g/mol. The van der Waals surface area contributed by atoms with E-state index in [0.717, 1.165) is 31.4 Å². The Balaban J connectivity index is 1.83. The second-order valence-corrected chi connectivity index (χ2v) is 6.09. The van der Waals surface area contributed by atoms with Gasteiger partial charge in [-0.15, -0.1) is 0 Å². The highest BCUT2D eigenvalue weighted by atomic mass is 16.6. The van der Waals surface area contributed by atoms with E-state index in [1.807, 2.05) is 18.2 Å². The molecule has 4 heteroatoms. The van der Waals surface area contributed by atoms with Crippen molar-refractivity contribution in [2.24, 2.45) is 5.73 Å². The van der Waals surface area contributed by atoms with Crippen molar-refractivity contribution in [1.82, 2.24) is 0 Å². The van der Waals surface area contributed by atoms with Crippen LogP contribution in [0.5, 0.6) is 0 Å². The number of anilines is 1. The molecule has 116 valence electrons. The predicted octanol–water partition coefficient (Wildman–Crippen LogP) is 2.87. The molecule has 3 atom stereocenters. The standard InChI is InChI=1S/C17H26N2O2/c1-20-15-11-12-16(18)19(13-7-3-2-4-8-13)17(15)21-14-9-5-6-10-14/h2-4,7-8,14-17H,5-6,9-12,18H2,1H3. The van der Waals surface area contributed by atoms with Crippen molar-refractivity contribution < 1.29 is 9.47 Å². The Bertz CT molecular complexity index is 434. The number of benzene rings is 1. The third-order valence-electron chi connectivity index (χ3n) is 4.69. The fourth-order valence-electron chi connectivity index (χ4n) is 3.53. The van der Waals surface area contributed by atoms with Crippen LogP contribution < -0.4 is 10.6 Å². The summed E-state index contributed by atoms with van der Waals surface area (Å²) in [4.78, 5) is 2.20. The van der Waals surface area contributed by atoms with Crippen molar-refractivity contribution in [3.05, 3.63) is 30.3 Å². The van der Waals surface area contributed by atoms with Crippen molar-refractivity contribution in [2.75, 3.05) is 12.0 Å². The van der Waals surface area contributed by atoms with Crippen LogP contribution >= 0.6 is 0 Å². The van der Waals surface area contributed by atoms with E-state index in [1.165, 1.54) is 12.8 Å². The van der Waals surface area contributed by atoms with Crippen LogP contribution in [0.25, 0.3) is 0 Å². The van der Waals surface area contributed by atoms with E-state index in [2.05, 4.69) is 17.0 Å². The van der Waals surface area contributed by atoms with E-state index in [1.54, 1.807) is 7.11 Å². The summed E-state index contributed by atoms with van der Waals surface area (Å²) in [6.45, 7) is 0. The lowest BCUT2D eigenvalue weighted by molar-refractivity contribution is -0.106. The number of para-hydroxylation sites is 1. The monoisotopic (exact) mass is 290 g/mol. The van der Waals surface area contributed by atoms with Gasteiger partial charge in [-0.05, 0) is 37.8 Å². The van der Waals surface area contributed by atoms with E-state index in [4.69, 9.17) is 15.2 Å². The van der Waals surface area contributed by atoms with Crippen LogP contribution in [0.2, 0.25) is 0 Å². The van der Waals surface area contributed by atoms with E-state index in [-0.39, 0.29) is 18.5 Å². The molecular formula is C17H26N2O2. The van der Waals surface area contributed by atoms with Gasteiger partial charge in [-0.25, -0.2) is 0 Å². The lowest BCUT2D eigenvalue weighted by Gasteiger charge is -2.46. The minimum Gasteiger partial charge on any atom is -0.377 e. The number of nitrogens with zero attached hydrogens (tertiary/aromatic N) is 1. The van der Waals surface area contributed by atoms with Crippen LogP contribution in [0.3, 0.4) is 0 Å². The van der Waals surface area contributed by atoms with Crippen LogP contribution in [0, 0.1) is 0 Å². The first kappa shape index (κ1) is 14.8. The molecule has 2 N–H and O–H groups in total. The molecule has 4 nitrogen and oxygen atoms in total. The molecule has 0 amide bonds. The minimum absolute atomic E-state index is 0.00907. The molecule has 1 aliphatic heterocycles. The van der Waals surface area contributed by atoms with Crippen molar-refractivity contribution >= 4 is 5.69 Å². The van der Waals surface area contributed by atoms with Crippen molar-refractivity contribution in [2.45, 2.75) is 63.1 Å². The van der Waals surface area contributed by atoms with Gasteiger partial charge in [0.05, 0.1) is 12.3 Å². The molecule has 1 saturated carbocycles. The maximum atomic E-state index is 6.41. The summed E-state index contributed by atoms with van der Waals surface area (Å²) in [6.07, 6.45) is 7.09. The summed E-state index contributed by atoms with van der Waals surface area (Å²) in [6, 6.07) is 10.3. The molecule has 1 aromatic carbocycles. The summed E-state index contributed by atoms with van der Waals surface area (Å²) in [5, 5.41) is 0. The average Bonchev–Trinajstić information content (AvgIpc) is 3.02. The summed E-state index contributed by atoms with van der Waals surface area (Å²) in [7, 11) is 1.77. The van der Waals surface area contributed by atoms with Gasteiger partial charge in [-0.1, -0.05) is 31.0 Å². The van der Waals surface area contributed by atoms with Crippen LogP contribution in [0.1, 0.15) is 38.5 Å². The predicted molar refractivity (Wildman–Crippen MR) is 84.1 cm³/mol. The van der Waals surface area contributed by atoms with E-state index in [0.29, 0.717) is 6.10 Å². The molecule has 3 rings (SSSR count). The van der Waals surface area contributed by atoms with Gasteiger partial charge in [0.1, 0.15) is 6.10 Å². The van der Waals surface area contributed by atoms with Gasteiger partial charge >= 0.3 is 0 Å². The molecule has 21 heavy (non-hydrogen) atoms. The number of rotatable bonds is 4. The van der Waals surface area contributed by atoms with E-state index < -0.39 is 0 Å². The van der Waals surface area contributed by atoms with Gasteiger partial charge in [0.15, 0.2) is 6.23 Å². The van der Waals surface area contributed by atoms with Crippen LogP contribution in [0.4, 0.5) is 5.69 Å². The van der Waals surface area contributed by atoms with Gasteiger partial charge in [-0.3, -0.25) is 0 Å². The van der Waals surface area contributed by atoms with Crippen molar-refractivity contribution in [3.8, 4) is 0 Å². The number of methoxy groups -OCH3 is 1. The maximum Gasteiger partial charge on any atom is 0.158 e. The summed E-state index contributed by atoms with van der Waals surface area (Å²) in [5.41, 5.74) is 7.50. The molecule has 0 radical (unpaired) electrons. The fourth-order valence-corrected chi connectivity index (χ4v) is 3.53. The molecule has 3 unspecified atom stereocenters. The number of hydrogen-bond acceptors (Lipinski definition) is 4. The third kappa shape index (κ3) is 3.23. The second-order valence-electron chi connectivity index (χ2n) is 6.09. The van der Waals surface area contributed by atoms with E-state index >= 15 is 0 Å². The number of hydrogen-bond donors (Lipinski definition) is 1. The van der Waals surface area contributed by atoms with Crippen LogP contribution in [0.15, 0.2) is 30.3 Å². The largest absolute Gasteiger partial charge is 0.377 e. The molecule has 1 aliphatic carbocycles. The Morgan fingerprint density at radius 1 is 1.05 bits per heavy atom. The van der Waals surface area contributed by atoms with Crippen molar-refractivity contribution in [1.29, 1.82) is 0 Å². The topological polar surface area (TPSA) is 47.7 Å². The zero-order chi connectivity index (χ0) is 14.7. The van der Waals surface area contributed by atoms with Gasteiger partial charge in [0.25, 0.3) is 0 Å². The molecule has 1 heterocycles. The summed E-state index contributed by atoms with van der Waals surface area (Å²) in [5.74, 6) is 0. The zero-order valence-electron chi connectivity index (χ0n) is 12.8. The number of ether oxygens (including phenoxy) is 2. The maximum absolute atomic E-state index is 6.41. The Kier molecular flexibility index (Phi) is 4.78. The smallest absolute Gasteiger partial charge is 0.158 e. The third-order valence-corrected chi connectivity index (χ3v) is 4.69. The first-order valence-electron chi connectivity index (χ1n) is 8.07. The molecule has 0 spiro atoms. The molecule has 0 aromatic heterocycles. The highest BCUT2D eigenvalue weighted by molar-refractivity contribution is 5.48. The minimum atomic E-state index is -0.0794. The highest BCUT2D eigenvalue weighted by Gasteiger charge is 2.38. The Morgan fingerprint density at radius 2 is 1.76 bits per heavy atom. The van der Waals surface area contributed by atoms with Crippen LogP contribution in [-0.2, 0) is 9.47 Å². The molecule has 0 bridgehead atoms. The van der Waals surface area contributed by atoms with Crippen LogP contribution in [-0.4, -0.2) is 31.7 Å². The SMILES string of the molecule is COC1CCC(N)N(c2ccccc2)C1OC1CCCC1.